The summed E-state index contributed by atoms with van der Waals surface area (Å²) < 4.78 is 0. The highest BCUT2D eigenvalue weighted by atomic mass is 16.7. The molecule has 1 fully saturated rings. The van der Waals surface area contributed by atoms with E-state index in [0.717, 1.165) is 25.9 Å². The number of nitrogens with one attached hydrogen (secondary N) is 2. The molecule has 0 saturated carbocycles. The average Bonchev–Trinajstić information content (AvgIpc) is 2.48. The SMILES string of the molecule is CCCCCCNC(=O)NOCC(O)CN1CCCCC1. The van der Waals surface area contributed by atoms with Gasteiger partial charge in [-0.05, 0) is 32.4 Å². The van der Waals surface area contributed by atoms with Gasteiger partial charge < -0.3 is 15.3 Å². The molecule has 0 aromatic carbocycles. The molecule has 1 unspecified atom stereocenters. The fourth-order valence-electron chi connectivity index (χ4n) is 2.49. The van der Waals surface area contributed by atoms with Crippen molar-refractivity contribution in [3.8, 4) is 0 Å². The topological polar surface area (TPSA) is 73.8 Å². The Hall–Kier alpha value is -0.850. The number of nitrogens with zero attached hydrogens (tertiary/aromatic N) is 1. The minimum absolute atomic E-state index is 0.125. The highest BCUT2D eigenvalue weighted by molar-refractivity contribution is 5.72. The van der Waals surface area contributed by atoms with Gasteiger partial charge in [-0.15, -0.1) is 0 Å². The molecule has 0 aromatic heterocycles. The van der Waals surface area contributed by atoms with E-state index >= 15 is 0 Å². The van der Waals surface area contributed by atoms with Crippen molar-refractivity contribution in [3.05, 3.63) is 0 Å². The summed E-state index contributed by atoms with van der Waals surface area (Å²) in [5.41, 5.74) is 2.31. The molecule has 0 radical (unpaired) electrons. The number of aliphatic hydroxyl groups is 1. The number of rotatable bonds is 10. The van der Waals surface area contributed by atoms with Crippen LogP contribution in [0.25, 0.3) is 0 Å². The van der Waals surface area contributed by atoms with E-state index in [2.05, 4.69) is 22.6 Å². The van der Waals surface area contributed by atoms with Crippen LogP contribution in [0.5, 0.6) is 0 Å². The second-order valence-electron chi connectivity index (χ2n) is 5.74. The molecule has 6 heteroatoms. The Kier molecular flexibility index (Phi) is 10.2. The van der Waals surface area contributed by atoms with E-state index in [1.807, 2.05) is 0 Å². The van der Waals surface area contributed by atoms with Gasteiger partial charge in [-0.25, -0.2) is 10.3 Å². The molecule has 1 rings (SSSR count). The first-order valence-electron chi connectivity index (χ1n) is 8.28. The van der Waals surface area contributed by atoms with Crippen LogP contribution in [0.15, 0.2) is 0 Å². The maximum atomic E-state index is 11.4. The molecule has 0 aromatic rings. The van der Waals surface area contributed by atoms with Crippen molar-refractivity contribution >= 4 is 6.03 Å². The van der Waals surface area contributed by atoms with Crippen molar-refractivity contribution in [1.29, 1.82) is 0 Å². The van der Waals surface area contributed by atoms with Crippen LogP contribution in [-0.2, 0) is 4.84 Å². The van der Waals surface area contributed by atoms with Crippen molar-refractivity contribution in [1.82, 2.24) is 15.7 Å². The third kappa shape index (κ3) is 9.66. The van der Waals surface area contributed by atoms with Crippen molar-refractivity contribution in [3.63, 3.8) is 0 Å². The standard InChI is InChI=1S/C15H31N3O3/c1-2-3-4-6-9-16-15(20)17-21-13-14(19)12-18-10-7-5-8-11-18/h14,19H,2-13H2,1H3,(H2,16,17,20). The number of carbonyl (C=O) groups excluding carboxylic acids is 1. The summed E-state index contributed by atoms with van der Waals surface area (Å²) in [5, 5.41) is 12.6. The number of unbranched alkanes of at least 4 members (excludes halogenated alkanes) is 3. The molecule has 0 aliphatic carbocycles. The first kappa shape index (κ1) is 18.2. The first-order valence-corrected chi connectivity index (χ1v) is 8.28. The highest BCUT2D eigenvalue weighted by Gasteiger charge is 2.14. The fraction of sp³-hybridized carbons (Fsp3) is 0.933. The zero-order valence-corrected chi connectivity index (χ0v) is 13.3. The van der Waals surface area contributed by atoms with Crippen molar-refractivity contribution in [2.45, 2.75) is 58.0 Å². The number of piperidine rings is 1. The number of likely N-dealkylation sites (tertiary alicyclic amines) is 1. The summed E-state index contributed by atoms with van der Waals surface area (Å²) in [6.45, 7) is 5.64. The quantitative estimate of drug-likeness (QED) is 0.424. The minimum atomic E-state index is -0.562. The van der Waals surface area contributed by atoms with Crippen LogP contribution in [0.4, 0.5) is 4.79 Å². The molecule has 1 aliphatic heterocycles. The van der Waals surface area contributed by atoms with Crippen molar-refractivity contribution in [2.24, 2.45) is 0 Å². The molecule has 124 valence electrons. The van der Waals surface area contributed by atoms with Gasteiger partial charge in [-0.1, -0.05) is 32.6 Å². The van der Waals surface area contributed by atoms with Gasteiger partial charge in [-0.2, -0.15) is 0 Å². The Morgan fingerprint density at radius 1 is 1.24 bits per heavy atom. The number of hydroxylamine groups is 1. The minimum Gasteiger partial charge on any atom is -0.389 e. The summed E-state index contributed by atoms with van der Waals surface area (Å²) in [6, 6.07) is -0.336. The molecular weight excluding hydrogens is 270 g/mol. The zero-order valence-electron chi connectivity index (χ0n) is 13.3. The van der Waals surface area contributed by atoms with E-state index in [1.54, 1.807) is 0 Å². The molecule has 1 atom stereocenters. The van der Waals surface area contributed by atoms with Gasteiger partial charge >= 0.3 is 6.03 Å². The Bertz CT molecular complexity index is 271. The number of amides is 2. The number of β-amino-alcohol motifs (C(OH)–C–C–N with tert-alkyl or cyclic N) is 1. The molecule has 1 saturated heterocycles. The van der Waals surface area contributed by atoms with Gasteiger partial charge in [0.1, 0.15) is 6.61 Å². The van der Waals surface area contributed by atoms with E-state index in [1.165, 1.54) is 32.1 Å². The predicted molar refractivity (Wildman–Crippen MR) is 82.9 cm³/mol. The summed E-state index contributed by atoms with van der Waals surface area (Å²) in [4.78, 5) is 18.7. The molecule has 2 amide bonds. The van der Waals surface area contributed by atoms with E-state index in [-0.39, 0.29) is 12.6 Å². The summed E-state index contributed by atoms with van der Waals surface area (Å²) in [6.07, 6.45) is 7.62. The summed E-state index contributed by atoms with van der Waals surface area (Å²) in [5.74, 6) is 0. The maximum Gasteiger partial charge on any atom is 0.338 e. The van der Waals surface area contributed by atoms with Crippen LogP contribution >= 0.6 is 0 Å². The molecule has 1 heterocycles. The lowest BCUT2D eigenvalue weighted by molar-refractivity contribution is -0.0174. The number of hydrogen-bond donors (Lipinski definition) is 3. The number of hydrogen-bond acceptors (Lipinski definition) is 4. The predicted octanol–water partition coefficient (Wildman–Crippen LogP) is 1.64. The van der Waals surface area contributed by atoms with Crippen LogP contribution < -0.4 is 10.8 Å². The van der Waals surface area contributed by atoms with Crippen LogP contribution in [0, 0.1) is 0 Å². The van der Waals surface area contributed by atoms with Gasteiger partial charge in [0.2, 0.25) is 0 Å². The lowest BCUT2D eigenvalue weighted by Crippen LogP contribution is -2.41. The third-order valence-corrected chi connectivity index (χ3v) is 3.67. The van der Waals surface area contributed by atoms with E-state index in [0.29, 0.717) is 13.1 Å². The number of urea groups is 1. The van der Waals surface area contributed by atoms with Gasteiger partial charge in [-0.3, -0.25) is 4.84 Å². The second kappa shape index (κ2) is 11.8. The van der Waals surface area contributed by atoms with Gasteiger partial charge in [0.25, 0.3) is 0 Å². The Morgan fingerprint density at radius 2 is 2.00 bits per heavy atom. The van der Waals surface area contributed by atoms with E-state index < -0.39 is 6.10 Å². The van der Waals surface area contributed by atoms with Crippen molar-refractivity contribution in [2.75, 3.05) is 32.8 Å². The molecule has 3 N–H and O–H groups in total. The average molecular weight is 301 g/mol. The molecular formula is C15H31N3O3. The van der Waals surface area contributed by atoms with Crippen LogP contribution in [-0.4, -0.2) is 54.9 Å². The lowest BCUT2D eigenvalue weighted by atomic mass is 10.1. The lowest BCUT2D eigenvalue weighted by Gasteiger charge is -2.28. The molecule has 0 spiro atoms. The Morgan fingerprint density at radius 3 is 2.71 bits per heavy atom. The zero-order chi connectivity index (χ0) is 15.3. The summed E-state index contributed by atoms with van der Waals surface area (Å²) in [7, 11) is 0. The van der Waals surface area contributed by atoms with E-state index in [9.17, 15) is 9.90 Å². The number of carbonyl (C=O) groups is 1. The number of aliphatic hydroxyl groups excluding tert-OH is 1. The van der Waals surface area contributed by atoms with Crippen molar-refractivity contribution < 1.29 is 14.7 Å². The highest BCUT2D eigenvalue weighted by Crippen LogP contribution is 2.08. The second-order valence-corrected chi connectivity index (χ2v) is 5.74. The van der Waals surface area contributed by atoms with Gasteiger partial charge in [0.05, 0.1) is 6.10 Å². The van der Waals surface area contributed by atoms with Crippen LogP contribution in [0.2, 0.25) is 0 Å². The third-order valence-electron chi connectivity index (χ3n) is 3.67. The van der Waals surface area contributed by atoms with Crippen LogP contribution in [0.3, 0.4) is 0 Å². The molecule has 6 nitrogen and oxygen atoms in total. The maximum absolute atomic E-state index is 11.4. The largest absolute Gasteiger partial charge is 0.389 e. The smallest absolute Gasteiger partial charge is 0.338 e. The molecule has 0 bridgehead atoms. The fourth-order valence-corrected chi connectivity index (χ4v) is 2.49. The monoisotopic (exact) mass is 301 g/mol. The molecule has 21 heavy (non-hydrogen) atoms. The normalized spacial score (nSPS) is 17.4. The first-order chi connectivity index (χ1) is 10.2. The van der Waals surface area contributed by atoms with Gasteiger partial charge in [0, 0.05) is 13.1 Å². The Balaban J connectivity index is 1.95. The van der Waals surface area contributed by atoms with Gasteiger partial charge in [0.15, 0.2) is 0 Å². The molecule has 1 aliphatic rings. The Labute approximate surface area is 128 Å². The van der Waals surface area contributed by atoms with Crippen LogP contribution in [0.1, 0.15) is 51.9 Å². The van der Waals surface area contributed by atoms with E-state index in [4.69, 9.17) is 4.84 Å². The summed E-state index contributed by atoms with van der Waals surface area (Å²) >= 11 is 0.